The Bertz CT molecular complexity index is 318. The molecule has 0 unspecified atom stereocenters. The lowest BCUT2D eigenvalue weighted by atomic mass is 10.2. The zero-order valence-electron chi connectivity index (χ0n) is 9.70. The quantitative estimate of drug-likeness (QED) is 0.504. The first-order valence-corrected chi connectivity index (χ1v) is 6.68. The van der Waals surface area contributed by atoms with Crippen molar-refractivity contribution >= 4 is 23.1 Å². The number of benzene rings is 1. The van der Waals surface area contributed by atoms with Crippen molar-refractivity contribution in [3.8, 4) is 0 Å². The van der Waals surface area contributed by atoms with Gasteiger partial charge in [0.25, 0.3) is 0 Å². The monoisotopic (exact) mass is 240 g/mol. The third-order valence-electron chi connectivity index (χ3n) is 2.29. The summed E-state index contributed by atoms with van der Waals surface area (Å²) in [7, 11) is 0. The van der Waals surface area contributed by atoms with Gasteiger partial charge in [0.05, 0.1) is 0 Å². The first kappa shape index (κ1) is 13.2. The summed E-state index contributed by atoms with van der Waals surface area (Å²) in [5.74, 6) is 2.09. The average Bonchev–Trinajstić information content (AvgIpc) is 2.28. The normalized spacial score (nSPS) is 10.4. The Balaban J connectivity index is 2.19. The summed E-state index contributed by atoms with van der Waals surface area (Å²) in [5, 5.41) is 12.0. The second kappa shape index (κ2) is 7.41. The maximum Gasteiger partial charge on any atom is 0.0438 e. The number of hydrogen-bond donors (Lipinski definition) is 3. The van der Waals surface area contributed by atoms with Gasteiger partial charge in [0, 0.05) is 30.3 Å². The third kappa shape index (κ3) is 4.77. The van der Waals surface area contributed by atoms with Gasteiger partial charge < -0.3 is 16.2 Å². The van der Waals surface area contributed by atoms with E-state index in [0.29, 0.717) is 0 Å². The Labute approximate surface area is 101 Å². The third-order valence-corrected chi connectivity index (χ3v) is 3.36. The fourth-order valence-corrected chi connectivity index (χ4v) is 2.11. The van der Waals surface area contributed by atoms with Crippen LogP contribution in [0.5, 0.6) is 0 Å². The highest BCUT2D eigenvalue weighted by Crippen LogP contribution is 2.16. The minimum Gasteiger partial charge on any atom is -0.399 e. The lowest BCUT2D eigenvalue weighted by molar-refractivity contribution is 0.296. The van der Waals surface area contributed by atoms with Gasteiger partial charge in [-0.2, -0.15) is 11.8 Å². The van der Waals surface area contributed by atoms with Crippen molar-refractivity contribution in [2.75, 3.05) is 35.7 Å². The molecule has 0 atom stereocenters. The van der Waals surface area contributed by atoms with E-state index in [1.165, 1.54) is 0 Å². The van der Waals surface area contributed by atoms with E-state index in [9.17, 15) is 0 Å². The first-order chi connectivity index (χ1) is 7.74. The Kier molecular flexibility index (Phi) is 6.11. The first-order valence-electron chi connectivity index (χ1n) is 5.52. The number of anilines is 2. The molecule has 90 valence electrons. The standard InChI is InChI=1S/C12H20N2OS/c1-10-9-11(3-4-12(10)13)14-5-8-16-7-2-6-15/h3-4,9,14-15H,2,5-8,13H2,1H3. The number of nitrogens with two attached hydrogens (primary N) is 1. The molecule has 16 heavy (non-hydrogen) atoms. The zero-order valence-corrected chi connectivity index (χ0v) is 10.5. The molecule has 0 bridgehead atoms. The van der Waals surface area contributed by atoms with E-state index in [0.717, 1.165) is 41.4 Å². The molecule has 0 aliphatic carbocycles. The number of thioether (sulfide) groups is 1. The topological polar surface area (TPSA) is 58.3 Å². The number of rotatable bonds is 7. The Morgan fingerprint density at radius 2 is 2.19 bits per heavy atom. The molecule has 1 aromatic carbocycles. The number of nitrogens with one attached hydrogen (secondary N) is 1. The predicted octanol–water partition coefficient (Wildman–Crippen LogP) is 2.10. The Morgan fingerprint density at radius 3 is 2.88 bits per heavy atom. The molecule has 0 fully saturated rings. The summed E-state index contributed by atoms with van der Waals surface area (Å²) >= 11 is 1.86. The molecule has 0 aliphatic heterocycles. The molecule has 0 aliphatic rings. The van der Waals surface area contributed by atoms with Crippen molar-refractivity contribution in [3.05, 3.63) is 23.8 Å². The van der Waals surface area contributed by atoms with Crippen LogP contribution in [0, 0.1) is 6.92 Å². The highest BCUT2D eigenvalue weighted by Gasteiger charge is 1.96. The molecule has 1 aromatic rings. The van der Waals surface area contributed by atoms with Crippen LogP contribution in [0.1, 0.15) is 12.0 Å². The van der Waals surface area contributed by atoms with E-state index in [1.807, 2.05) is 30.8 Å². The number of aliphatic hydroxyl groups is 1. The second-order valence-corrected chi connectivity index (χ2v) is 4.91. The van der Waals surface area contributed by atoms with Gasteiger partial charge in [-0.05, 0) is 42.9 Å². The van der Waals surface area contributed by atoms with E-state index >= 15 is 0 Å². The molecule has 0 spiro atoms. The number of aliphatic hydroxyl groups excluding tert-OH is 1. The minimum atomic E-state index is 0.289. The van der Waals surface area contributed by atoms with Gasteiger partial charge in [-0.25, -0.2) is 0 Å². The van der Waals surface area contributed by atoms with Crippen molar-refractivity contribution in [1.29, 1.82) is 0 Å². The Hall–Kier alpha value is -0.870. The van der Waals surface area contributed by atoms with Crippen LogP contribution in [0.2, 0.25) is 0 Å². The number of hydrogen-bond acceptors (Lipinski definition) is 4. The van der Waals surface area contributed by atoms with Crippen molar-refractivity contribution in [2.24, 2.45) is 0 Å². The van der Waals surface area contributed by atoms with Gasteiger partial charge in [0.2, 0.25) is 0 Å². The lowest BCUT2D eigenvalue weighted by Crippen LogP contribution is -2.05. The van der Waals surface area contributed by atoms with Crippen LogP contribution in [0.25, 0.3) is 0 Å². The molecule has 3 nitrogen and oxygen atoms in total. The van der Waals surface area contributed by atoms with Crippen LogP contribution < -0.4 is 11.1 Å². The molecule has 0 heterocycles. The number of aryl methyl sites for hydroxylation is 1. The van der Waals surface area contributed by atoms with E-state index in [-0.39, 0.29) is 6.61 Å². The molecule has 1 rings (SSSR count). The van der Waals surface area contributed by atoms with Crippen LogP contribution >= 0.6 is 11.8 Å². The fraction of sp³-hybridized carbons (Fsp3) is 0.500. The zero-order chi connectivity index (χ0) is 11.8. The smallest absolute Gasteiger partial charge is 0.0438 e. The molecule has 0 amide bonds. The van der Waals surface area contributed by atoms with Gasteiger partial charge in [-0.3, -0.25) is 0 Å². The van der Waals surface area contributed by atoms with E-state index in [2.05, 4.69) is 11.4 Å². The maximum absolute atomic E-state index is 8.62. The SMILES string of the molecule is Cc1cc(NCCSCCCO)ccc1N. The largest absolute Gasteiger partial charge is 0.399 e. The summed E-state index contributed by atoms with van der Waals surface area (Å²) in [6.45, 7) is 3.24. The number of nitrogen functional groups attached to an aromatic ring is 1. The summed E-state index contributed by atoms with van der Waals surface area (Å²) in [4.78, 5) is 0. The molecule has 0 saturated carbocycles. The van der Waals surface area contributed by atoms with Crippen LogP contribution in [0.4, 0.5) is 11.4 Å². The highest BCUT2D eigenvalue weighted by atomic mass is 32.2. The summed E-state index contributed by atoms with van der Waals surface area (Å²) in [6.07, 6.45) is 0.881. The van der Waals surface area contributed by atoms with E-state index in [1.54, 1.807) is 0 Å². The molecule has 0 radical (unpaired) electrons. The fourth-order valence-electron chi connectivity index (χ4n) is 1.32. The highest BCUT2D eigenvalue weighted by molar-refractivity contribution is 7.99. The lowest BCUT2D eigenvalue weighted by Gasteiger charge is -2.08. The summed E-state index contributed by atoms with van der Waals surface area (Å²) < 4.78 is 0. The molecule has 4 heteroatoms. The van der Waals surface area contributed by atoms with Gasteiger partial charge in [0.1, 0.15) is 0 Å². The summed E-state index contributed by atoms with van der Waals surface area (Å²) in [6, 6.07) is 5.99. The summed E-state index contributed by atoms with van der Waals surface area (Å²) in [5.41, 5.74) is 8.81. The van der Waals surface area contributed by atoms with Crippen LogP contribution in [-0.2, 0) is 0 Å². The van der Waals surface area contributed by atoms with Crippen LogP contribution in [0.15, 0.2) is 18.2 Å². The van der Waals surface area contributed by atoms with E-state index < -0.39 is 0 Å². The van der Waals surface area contributed by atoms with E-state index in [4.69, 9.17) is 10.8 Å². The molecular formula is C12H20N2OS. The predicted molar refractivity (Wildman–Crippen MR) is 73.1 cm³/mol. The molecule has 4 N–H and O–H groups in total. The molecule has 0 aromatic heterocycles. The Morgan fingerprint density at radius 1 is 1.38 bits per heavy atom. The second-order valence-electron chi connectivity index (χ2n) is 3.69. The maximum atomic E-state index is 8.62. The van der Waals surface area contributed by atoms with Crippen LogP contribution in [-0.4, -0.2) is 29.8 Å². The van der Waals surface area contributed by atoms with Gasteiger partial charge >= 0.3 is 0 Å². The van der Waals surface area contributed by atoms with Gasteiger partial charge in [0.15, 0.2) is 0 Å². The van der Waals surface area contributed by atoms with Crippen molar-refractivity contribution in [2.45, 2.75) is 13.3 Å². The average molecular weight is 240 g/mol. The van der Waals surface area contributed by atoms with Crippen LogP contribution in [0.3, 0.4) is 0 Å². The molecule has 0 saturated heterocycles. The molecular weight excluding hydrogens is 220 g/mol. The van der Waals surface area contributed by atoms with Crippen molar-refractivity contribution in [1.82, 2.24) is 0 Å². The minimum absolute atomic E-state index is 0.289. The van der Waals surface area contributed by atoms with Gasteiger partial charge in [-0.1, -0.05) is 0 Å². The van der Waals surface area contributed by atoms with Gasteiger partial charge in [-0.15, -0.1) is 0 Å². The van der Waals surface area contributed by atoms with Crippen molar-refractivity contribution in [3.63, 3.8) is 0 Å². The van der Waals surface area contributed by atoms with Crippen molar-refractivity contribution < 1.29 is 5.11 Å².